The van der Waals surface area contributed by atoms with Gasteiger partial charge in [-0.2, -0.15) is 0 Å². The van der Waals surface area contributed by atoms with Gasteiger partial charge in [0.1, 0.15) is 6.54 Å². The molecule has 1 aliphatic heterocycles. The first kappa shape index (κ1) is 25.5. The number of sulfonamides is 1. The number of rotatable bonds is 8. The summed E-state index contributed by atoms with van der Waals surface area (Å²) in [6, 6.07) is 22.4. The zero-order valence-corrected chi connectivity index (χ0v) is 21.3. The molecule has 0 spiro atoms. The molecule has 0 radical (unpaired) electrons. The van der Waals surface area contributed by atoms with Crippen LogP contribution in [0.3, 0.4) is 0 Å². The number of amides is 1. The molecule has 184 valence electrons. The van der Waals surface area contributed by atoms with Gasteiger partial charge in [0.25, 0.3) is 10.0 Å². The number of carbonyl (C=O) groups is 1. The highest BCUT2D eigenvalue weighted by molar-refractivity contribution is 7.92. The van der Waals surface area contributed by atoms with Crippen molar-refractivity contribution in [2.75, 3.05) is 30.6 Å². The van der Waals surface area contributed by atoms with E-state index < -0.39 is 22.5 Å². The van der Waals surface area contributed by atoms with E-state index in [-0.39, 0.29) is 26.0 Å². The van der Waals surface area contributed by atoms with Crippen molar-refractivity contribution in [1.29, 1.82) is 0 Å². The Labute approximate surface area is 215 Å². The SMILES string of the molecule is O=C(CN(c1cc(Cl)cc(Cl)c1)S(=O)(=O)c1ccccc1)NCC1(c2ccccc2)CCOCC1. The van der Waals surface area contributed by atoms with E-state index in [2.05, 4.69) is 17.4 Å². The van der Waals surface area contributed by atoms with Crippen molar-refractivity contribution < 1.29 is 17.9 Å². The predicted octanol–water partition coefficient (Wildman–Crippen LogP) is 5.05. The lowest BCUT2D eigenvalue weighted by molar-refractivity contribution is -0.120. The Bertz CT molecular complexity index is 1240. The van der Waals surface area contributed by atoms with E-state index in [9.17, 15) is 13.2 Å². The second kappa shape index (κ2) is 11.0. The maximum atomic E-state index is 13.5. The van der Waals surface area contributed by atoms with Crippen LogP contribution >= 0.6 is 23.2 Å². The number of nitrogens with zero attached hydrogens (tertiary/aromatic N) is 1. The minimum absolute atomic E-state index is 0.0640. The van der Waals surface area contributed by atoms with Crippen molar-refractivity contribution in [2.24, 2.45) is 0 Å². The Morgan fingerprint density at radius 3 is 2.09 bits per heavy atom. The summed E-state index contributed by atoms with van der Waals surface area (Å²) < 4.78 is 33.7. The molecular formula is C26H26Cl2N2O4S. The maximum Gasteiger partial charge on any atom is 0.264 e. The Hall–Kier alpha value is -2.58. The molecule has 1 fully saturated rings. The van der Waals surface area contributed by atoms with E-state index in [1.54, 1.807) is 18.2 Å². The average molecular weight is 533 g/mol. The van der Waals surface area contributed by atoms with Gasteiger partial charge >= 0.3 is 0 Å². The molecule has 1 heterocycles. The highest BCUT2D eigenvalue weighted by atomic mass is 35.5. The van der Waals surface area contributed by atoms with Crippen LogP contribution in [-0.4, -0.2) is 40.6 Å². The van der Waals surface area contributed by atoms with Crippen LogP contribution in [0.4, 0.5) is 5.69 Å². The molecule has 6 nitrogen and oxygen atoms in total. The summed E-state index contributed by atoms with van der Waals surface area (Å²) >= 11 is 12.3. The largest absolute Gasteiger partial charge is 0.381 e. The molecule has 1 N–H and O–H groups in total. The summed E-state index contributed by atoms with van der Waals surface area (Å²) in [7, 11) is -4.06. The number of hydrogen-bond donors (Lipinski definition) is 1. The molecule has 1 saturated heterocycles. The lowest BCUT2D eigenvalue weighted by Crippen LogP contribution is -2.48. The summed E-state index contributed by atoms with van der Waals surface area (Å²) in [6.45, 7) is 1.14. The van der Waals surface area contributed by atoms with Crippen molar-refractivity contribution in [2.45, 2.75) is 23.2 Å². The van der Waals surface area contributed by atoms with Crippen LogP contribution in [0.15, 0.2) is 83.8 Å². The van der Waals surface area contributed by atoms with Crippen LogP contribution < -0.4 is 9.62 Å². The molecule has 0 unspecified atom stereocenters. The van der Waals surface area contributed by atoms with Crippen molar-refractivity contribution in [3.05, 3.63) is 94.5 Å². The van der Waals surface area contributed by atoms with Gasteiger partial charge in [0, 0.05) is 35.2 Å². The summed E-state index contributed by atoms with van der Waals surface area (Å²) in [4.78, 5) is 13.2. The fourth-order valence-corrected chi connectivity index (χ4v) is 6.23. The van der Waals surface area contributed by atoms with E-state index in [0.29, 0.717) is 19.8 Å². The Morgan fingerprint density at radius 1 is 0.914 bits per heavy atom. The number of benzene rings is 3. The van der Waals surface area contributed by atoms with Gasteiger partial charge < -0.3 is 10.1 Å². The van der Waals surface area contributed by atoms with Crippen molar-refractivity contribution >= 4 is 44.8 Å². The third-order valence-corrected chi connectivity index (χ3v) is 8.44. The van der Waals surface area contributed by atoms with E-state index in [1.165, 1.54) is 30.3 Å². The normalized spacial score (nSPS) is 15.4. The first-order valence-electron chi connectivity index (χ1n) is 11.2. The second-order valence-corrected chi connectivity index (χ2v) is 11.2. The fourth-order valence-electron chi connectivity index (χ4n) is 4.29. The molecule has 35 heavy (non-hydrogen) atoms. The number of carbonyl (C=O) groups excluding carboxylic acids is 1. The van der Waals surface area contributed by atoms with E-state index in [0.717, 1.165) is 22.7 Å². The molecule has 0 bridgehead atoms. The summed E-state index contributed by atoms with van der Waals surface area (Å²) in [5.74, 6) is -0.428. The zero-order chi connectivity index (χ0) is 24.9. The smallest absolute Gasteiger partial charge is 0.264 e. The number of hydrogen-bond acceptors (Lipinski definition) is 4. The fraction of sp³-hybridized carbons (Fsp3) is 0.269. The van der Waals surface area contributed by atoms with E-state index >= 15 is 0 Å². The number of halogens is 2. The predicted molar refractivity (Wildman–Crippen MR) is 139 cm³/mol. The maximum absolute atomic E-state index is 13.5. The van der Waals surface area contributed by atoms with Gasteiger partial charge in [-0.3, -0.25) is 9.10 Å². The molecule has 0 aromatic heterocycles. The molecule has 0 atom stereocenters. The lowest BCUT2D eigenvalue weighted by Gasteiger charge is -2.38. The topological polar surface area (TPSA) is 75.7 Å². The first-order chi connectivity index (χ1) is 16.8. The Morgan fingerprint density at radius 2 is 1.49 bits per heavy atom. The van der Waals surface area contributed by atoms with Crippen molar-refractivity contribution in [3.8, 4) is 0 Å². The Kier molecular flexibility index (Phi) is 8.02. The van der Waals surface area contributed by atoms with Crippen molar-refractivity contribution in [3.63, 3.8) is 0 Å². The zero-order valence-electron chi connectivity index (χ0n) is 19.0. The van der Waals surface area contributed by atoms with Gasteiger partial charge in [0.05, 0.1) is 10.6 Å². The number of ether oxygens (including phenoxy) is 1. The average Bonchev–Trinajstić information content (AvgIpc) is 2.87. The van der Waals surface area contributed by atoms with Crippen LogP contribution in [-0.2, 0) is 25.0 Å². The van der Waals surface area contributed by atoms with Crippen LogP contribution in [0.2, 0.25) is 10.0 Å². The van der Waals surface area contributed by atoms with Gasteiger partial charge in [0.2, 0.25) is 5.91 Å². The van der Waals surface area contributed by atoms with Gasteiger partial charge in [-0.05, 0) is 48.7 Å². The van der Waals surface area contributed by atoms with Crippen LogP contribution in [0.25, 0.3) is 0 Å². The summed E-state index contributed by atoms with van der Waals surface area (Å²) in [5, 5.41) is 3.52. The molecule has 0 saturated carbocycles. The molecular weight excluding hydrogens is 507 g/mol. The molecule has 3 aromatic rings. The summed E-state index contributed by atoms with van der Waals surface area (Å²) in [5.41, 5.74) is 1.06. The molecule has 0 aliphatic carbocycles. The van der Waals surface area contributed by atoms with Gasteiger partial charge in [-0.1, -0.05) is 71.7 Å². The molecule has 3 aromatic carbocycles. The summed E-state index contributed by atoms with van der Waals surface area (Å²) in [6.07, 6.45) is 1.51. The van der Waals surface area contributed by atoms with Gasteiger partial charge in [0.15, 0.2) is 0 Å². The van der Waals surface area contributed by atoms with Gasteiger partial charge in [-0.25, -0.2) is 8.42 Å². The quantitative estimate of drug-likeness (QED) is 0.440. The van der Waals surface area contributed by atoms with Crippen LogP contribution in [0.1, 0.15) is 18.4 Å². The molecule has 9 heteroatoms. The van der Waals surface area contributed by atoms with E-state index in [1.807, 2.05) is 18.2 Å². The van der Waals surface area contributed by atoms with Crippen LogP contribution in [0.5, 0.6) is 0 Å². The van der Waals surface area contributed by atoms with E-state index in [4.69, 9.17) is 27.9 Å². The lowest BCUT2D eigenvalue weighted by atomic mass is 9.74. The number of anilines is 1. The third kappa shape index (κ3) is 5.98. The highest BCUT2D eigenvalue weighted by Crippen LogP contribution is 2.34. The third-order valence-electron chi connectivity index (χ3n) is 6.21. The van der Waals surface area contributed by atoms with Crippen LogP contribution in [0, 0.1) is 0 Å². The second-order valence-electron chi connectivity index (χ2n) is 8.49. The monoisotopic (exact) mass is 532 g/mol. The minimum atomic E-state index is -4.06. The van der Waals surface area contributed by atoms with Gasteiger partial charge in [-0.15, -0.1) is 0 Å². The molecule has 1 aliphatic rings. The highest BCUT2D eigenvalue weighted by Gasteiger charge is 2.35. The Balaban J connectivity index is 1.60. The molecule has 4 rings (SSSR count). The minimum Gasteiger partial charge on any atom is -0.381 e. The standard InChI is InChI=1S/C26H26Cl2N2O4S/c27-21-15-22(28)17-23(16-21)30(35(32,33)24-9-5-2-6-10-24)18-25(31)29-19-26(11-13-34-14-12-26)20-7-3-1-4-8-20/h1-10,15-17H,11-14,18-19H2,(H,29,31). The van der Waals surface area contributed by atoms with Crippen molar-refractivity contribution in [1.82, 2.24) is 5.32 Å². The first-order valence-corrected chi connectivity index (χ1v) is 13.4. The number of nitrogens with one attached hydrogen (secondary N) is 1. The molecule has 1 amide bonds.